The van der Waals surface area contributed by atoms with E-state index in [9.17, 15) is 14.4 Å². The predicted molar refractivity (Wildman–Crippen MR) is 260 cm³/mol. The Hall–Kier alpha value is -3.93. The fourth-order valence-electron chi connectivity index (χ4n) is 6.34. The van der Waals surface area contributed by atoms with Crippen LogP contribution in [-0.2, 0) is 28.6 Å². The zero-order valence-corrected chi connectivity index (χ0v) is 39.1. The highest BCUT2D eigenvalue weighted by Crippen LogP contribution is 2.15. The van der Waals surface area contributed by atoms with Crippen molar-refractivity contribution in [3.63, 3.8) is 0 Å². The minimum Gasteiger partial charge on any atom is -0.462 e. The summed E-state index contributed by atoms with van der Waals surface area (Å²) in [5.41, 5.74) is 0. The van der Waals surface area contributed by atoms with Crippen LogP contribution < -0.4 is 0 Å². The molecule has 0 spiro atoms. The van der Waals surface area contributed by atoms with Gasteiger partial charge in [0.2, 0.25) is 0 Å². The van der Waals surface area contributed by atoms with Gasteiger partial charge in [-0.15, -0.1) is 0 Å². The third kappa shape index (κ3) is 47.0. The van der Waals surface area contributed by atoms with Crippen molar-refractivity contribution in [2.45, 2.75) is 207 Å². The lowest BCUT2D eigenvalue weighted by atomic mass is 10.0. The zero-order valence-electron chi connectivity index (χ0n) is 39.1. The fraction of sp³-hybridized carbons (Fsp3) is 0.618. The van der Waals surface area contributed by atoms with Gasteiger partial charge in [-0.25, -0.2) is 0 Å². The normalized spacial score (nSPS) is 13.0. The smallest absolute Gasteiger partial charge is 0.306 e. The summed E-state index contributed by atoms with van der Waals surface area (Å²) in [6.45, 7) is 6.28. The Labute approximate surface area is 374 Å². The Balaban J connectivity index is 4.47. The van der Waals surface area contributed by atoms with Crippen LogP contribution in [0.4, 0.5) is 0 Å². The highest BCUT2D eigenvalue weighted by Gasteiger charge is 2.19. The molecule has 0 aliphatic rings. The van der Waals surface area contributed by atoms with E-state index in [0.29, 0.717) is 19.3 Å². The lowest BCUT2D eigenvalue weighted by Gasteiger charge is -2.18. The number of ether oxygens (including phenoxy) is 3. The quantitative estimate of drug-likeness (QED) is 0.0200. The van der Waals surface area contributed by atoms with Gasteiger partial charge in [-0.3, -0.25) is 14.4 Å². The lowest BCUT2D eigenvalue weighted by Crippen LogP contribution is -2.30. The molecule has 344 valence electrons. The molecule has 6 nitrogen and oxygen atoms in total. The van der Waals surface area contributed by atoms with Crippen LogP contribution in [0.15, 0.2) is 109 Å². The first-order chi connectivity index (χ1) is 30.0. The number of hydrogen-bond donors (Lipinski definition) is 0. The summed E-state index contributed by atoms with van der Waals surface area (Å²) in [7, 11) is 0. The van der Waals surface area contributed by atoms with Crippen LogP contribution >= 0.6 is 0 Å². The third-order valence-electron chi connectivity index (χ3n) is 9.97. The first-order valence-electron chi connectivity index (χ1n) is 24.5. The maximum atomic E-state index is 12.8. The molecule has 6 heteroatoms. The van der Waals surface area contributed by atoms with Crippen LogP contribution in [-0.4, -0.2) is 37.2 Å². The van der Waals surface area contributed by atoms with Gasteiger partial charge in [-0.1, -0.05) is 226 Å². The van der Waals surface area contributed by atoms with E-state index in [1.807, 2.05) is 72.9 Å². The molecule has 0 N–H and O–H groups in total. The maximum absolute atomic E-state index is 12.8. The summed E-state index contributed by atoms with van der Waals surface area (Å²) >= 11 is 0. The molecule has 0 fully saturated rings. The van der Waals surface area contributed by atoms with Crippen molar-refractivity contribution < 1.29 is 28.6 Å². The number of rotatable bonds is 42. The molecule has 0 heterocycles. The second-order valence-electron chi connectivity index (χ2n) is 15.8. The molecule has 0 rings (SSSR count). The minimum atomic E-state index is -0.808. The molecule has 1 atom stereocenters. The monoisotopic (exact) mass is 845 g/mol. The molecule has 0 aliphatic carbocycles. The number of allylic oxidation sites excluding steroid dienone is 18. The highest BCUT2D eigenvalue weighted by atomic mass is 16.6. The summed E-state index contributed by atoms with van der Waals surface area (Å²) in [6, 6.07) is 0. The van der Waals surface area contributed by atoms with E-state index in [1.54, 1.807) is 0 Å². The van der Waals surface area contributed by atoms with Crippen molar-refractivity contribution in [3.8, 4) is 0 Å². The average Bonchev–Trinajstić information content (AvgIpc) is 3.26. The second kappa shape index (κ2) is 48.7. The maximum Gasteiger partial charge on any atom is 0.306 e. The Kier molecular flexibility index (Phi) is 45.6. The van der Waals surface area contributed by atoms with Gasteiger partial charge >= 0.3 is 17.9 Å². The summed E-state index contributed by atoms with van der Waals surface area (Å²) < 4.78 is 16.7. The standard InChI is InChI=1S/C55H88O6/c1-4-7-10-13-16-19-21-23-25-26-27-28-30-31-33-36-39-42-45-48-54(57)60-51-52(50-59-53(56)47-44-41-38-35-18-15-12-9-6-3)61-55(58)49-46-43-40-37-34-32-29-24-22-20-17-14-11-8-5-2/h7,9-10,12-13,16,18-19,21,23,25-28,30-31,33,35,52H,4-6,8,11,14-15,17,20,22,24,29,32,34,36-51H2,1-3H3/b10-7-,12-9-,16-13-,21-19-,25-23-,27-26+,30-28-,33-31-,35-18-. The molecule has 0 aromatic carbocycles. The van der Waals surface area contributed by atoms with E-state index < -0.39 is 6.10 Å². The molecule has 1 unspecified atom stereocenters. The molecule has 0 aliphatic heterocycles. The molecule has 61 heavy (non-hydrogen) atoms. The van der Waals surface area contributed by atoms with Gasteiger partial charge in [-0.2, -0.15) is 0 Å². The largest absolute Gasteiger partial charge is 0.462 e. The lowest BCUT2D eigenvalue weighted by molar-refractivity contribution is -0.167. The van der Waals surface area contributed by atoms with E-state index in [0.717, 1.165) is 83.5 Å². The van der Waals surface area contributed by atoms with Crippen molar-refractivity contribution in [2.24, 2.45) is 0 Å². The van der Waals surface area contributed by atoms with Crippen molar-refractivity contribution in [2.75, 3.05) is 13.2 Å². The van der Waals surface area contributed by atoms with Crippen LogP contribution in [0, 0.1) is 0 Å². The van der Waals surface area contributed by atoms with Crippen molar-refractivity contribution in [1.82, 2.24) is 0 Å². The summed E-state index contributed by atoms with van der Waals surface area (Å²) in [4.78, 5) is 37.8. The van der Waals surface area contributed by atoms with Crippen molar-refractivity contribution >= 4 is 17.9 Å². The van der Waals surface area contributed by atoms with Gasteiger partial charge in [0, 0.05) is 19.3 Å². The first-order valence-corrected chi connectivity index (χ1v) is 24.5. The van der Waals surface area contributed by atoms with Crippen LogP contribution in [0.1, 0.15) is 201 Å². The van der Waals surface area contributed by atoms with Gasteiger partial charge < -0.3 is 14.2 Å². The van der Waals surface area contributed by atoms with Gasteiger partial charge in [0.25, 0.3) is 0 Å². The summed E-state index contributed by atoms with van der Waals surface area (Å²) in [6.07, 6.45) is 65.1. The topological polar surface area (TPSA) is 78.9 Å². The van der Waals surface area contributed by atoms with E-state index >= 15 is 0 Å². The van der Waals surface area contributed by atoms with E-state index in [2.05, 4.69) is 57.2 Å². The van der Waals surface area contributed by atoms with E-state index in [4.69, 9.17) is 14.2 Å². The minimum absolute atomic E-state index is 0.111. The molecule has 0 radical (unpaired) electrons. The van der Waals surface area contributed by atoms with Gasteiger partial charge in [0.05, 0.1) is 0 Å². The van der Waals surface area contributed by atoms with Crippen LogP contribution in [0.2, 0.25) is 0 Å². The molecule has 0 saturated carbocycles. The molecule has 0 amide bonds. The molecule has 0 bridgehead atoms. The van der Waals surface area contributed by atoms with Crippen LogP contribution in [0.25, 0.3) is 0 Å². The van der Waals surface area contributed by atoms with Gasteiger partial charge in [0.15, 0.2) is 6.10 Å². The SMILES string of the molecule is CC\C=C/C=C\C=C/C=C\C=C\C=C/C=C\CCCCCC(=O)OCC(COC(=O)CCCC/C=C\C/C=C\CC)OC(=O)CCCCCCCCCCCCCCCCC. The Morgan fingerprint density at radius 3 is 1.21 bits per heavy atom. The van der Waals surface area contributed by atoms with Crippen LogP contribution in [0.5, 0.6) is 0 Å². The third-order valence-corrected chi connectivity index (χ3v) is 9.97. The number of carbonyl (C=O) groups is 3. The van der Waals surface area contributed by atoms with Gasteiger partial charge in [0.1, 0.15) is 13.2 Å². The fourth-order valence-corrected chi connectivity index (χ4v) is 6.34. The van der Waals surface area contributed by atoms with Gasteiger partial charge in [-0.05, 0) is 64.2 Å². The second-order valence-corrected chi connectivity index (χ2v) is 15.8. The Morgan fingerprint density at radius 1 is 0.361 bits per heavy atom. The number of esters is 3. The molecule has 0 aromatic heterocycles. The number of unbranched alkanes of at least 4 members (excludes halogenated alkanes) is 19. The molecular weight excluding hydrogens is 757 g/mol. The number of carbonyl (C=O) groups excluding carboxylic acids is 3. The number of hydrogen-bond acceptors (Lipinski definition) is 6. The molecule has 0 saturated heterocycles. The van der Waals surface area contributed by atoms with E-state index in [1.165, 1.54) is 77.0 Å². The average molecular weight is 845 g/mol. The molecule has 0 aromatic rings. The summed E-state index contributed by atoms with van der Waals surface area (Å²) in [5.74, 6) is -0.996. The Morgan fingerprint density at radius 2 is 0.721 bits per heavy atom. The van der Waals surface area contributed by atoms with Crippen molar-refractivity contribution in [3.05, 3.63) is 109 Å². The first kappa shape index (κ1) is 57.1. The summed E-state index contributed by atoms with van der Waals surface area (Å²) in [5, 5.41) is 0. The van der Waals surface area contributed by atoms with E-state index in [-0.39, 0.29) is 31.1 Å². The highest BCUT2D eigenvalue weighted by molar-refractivity contribution is 5.71. The van der Waals surface area contributed by atoms with Crippen molar-refractivity contribution in [1.29, 1.82) is 0 Å². The molecular formula is C55H88O6. The Bertz CT molecular complexity index is 1290. The zero-order chi connectivity index (χ0) is 44.4. The van der Waals surface area contributed by atoms with Crippen LogP contribution in [0.3, 0.4) is 0 Å². The predicted octanol–water partition coefficient (Wildman–Crippen LogP) is 16.0.